The number of halogens is 1. The first kappa shape index (κ1) is 18.9. The number of benzene rings is 2. The van der Waals surface area contributed by atoms with Gasteiger partial charge in [0, 0.05) is 12.1 Å². The van der Waals surface area contributed by atoms with Crippen LogP contribution >= 0.6 is 11.6 Å². The van der Waals surface area contributed by atoms with Gasteiger partial charge in [-0.1, -0.05) is 17.7 Å². The van der Waals surface area contributed by atoms with Crippen molar-refractivity contribution in [2.45, 2.75) is 12.8 Å². The van der Waals surface area contributed by atoms with E-state index in [-0.39, 0.29) is 5.91 Å². The van der Waals surface area contributed by atoms with Crippen LogP contribution in [-0.2, 0) is 6.42 Å². The average molecular weight is 364 g/mol. The summed E-state index contributed by atoms with van der Waals surface area (Å²) in [6, 6.07) is 10.8. The van der Waals surface area contributed by atoms with E-state index in [2.05, 4.69) is 5.32 Å². The number of aryl methyl sites for hydroxylation is 1. The van der Waals surface area contributed by atoms with Gasteiger partial charge in [-0.2, -0.15) is 0 Å². The molecule has 0 aliphatic carbocycles. The minimum atomic E-state index is -0.156. The van der Waals surface area contributed by atoms with Crippen molar-refractivity contribution in [3.8, 4) is 17.2 Å². The Morgan fingerprint density at radius 1 is 0.960 bits per heavy atom. The van der Waals surface area contributed by atoms with Gasteiger partial charge in [-0.25, -0.2) is 0 Å². The first-order valence-electron chi connectivity index (χ1n) is 7.91. The zero-order valence-corrected chi connectivity index (χ0v) is 15.4. The summed E-state index contributed by atoms with van der Waals surface area (Å²) < 4.78 is 15.6. The molecule has 0 saturated carbocycles. The van der Waals surface area contributed by atoms with Gasteiger partial charge in [0.1, 0.15) is 5.75 Å². The van der Waals surface area contributed by atoms with Crippen molar-refractivity contribution in [1.82, 2.24) is 5.32 Å². The van der Waals surface area contributed by atoms with E-state index in [4.69, 9.17) is 25.8 Å². The van der Waals surface area contributed by atoms with Crippen LogP contribution in [0.3, 0.4) is 0 Å². The van der Waals surface area contributed by atoms with E-state index < -0.39 is 0 Å². The Morgan fingerprint density at radius 2 is 1.64 bits per heavy atom. The zero-order valence-electron chi connectivity index (χ0n) is 14.6. The van der Waals surface area contributed by atoms with Gasteiger partial charge < -0.3 is 19.5 Å². The highest BCUT2D eigenvalue weighted by atomic mass is 35.5. The summed E-state index contributed by atoms with van der Waals surface area (Å²) in [6.45, 7) is 0.566. The van der Waals surface area contributed by atoms with E-state index in [0.29, 0.717) is 34.4 Å². The number of amides is 1. The third-order valence-corrected chi connectivity index (χ3v) is 4.09. The standard InChI is InChI=1S/C19H22ClNO4/c1-23-16-9-7-14(12-15(16)20)19(22)21-10-4-5-13-6-8-17(24-2)18(11-13)25-3/h6-9,11-12H,4-5,10H2,1-3H3,(H,21,22). The topological polar surface area (TPSA) is 56.8 Å². The summed E-state index contributed by atoms with van der Waals surface area (Å²) in [6.07, 6.45) is 1.63. The monoisotopic (exact) mass is 363 g/mol. The van der Waals surface area contributed by atoms with Crippen LogP contribution < -0.4 is 19.5 Å². The van der Waals surface area contributed by atoms with E-state index in [1.807, 2.05) is 18.2 Å². The van der Waals surface area contributed by atoms with Crippen molar-refractivity contribution in [3.05, 3.63) is 52.5 Å². The largest absolute Gasteiger partial charge is 0.495 e. The van der Waals surface area contributed by atoms with Gasteiger partial charge in [-0.15, -0.1) is 0 Å². The van der Waals surface area contributed by atoms with Crippen molar-refractivity contribution in [3.63, 3.8) is 0 Å². The quantitative estimate of drug-likeness (QED) is 0.726. The fourth-order valence-corrected chi connectivity index (χ4v) is 2.70. The zero-order chi connectivity index (χ0) is 18.2. The molecule has 2 aromatic carbocycles. The second-order valence-electron chi connectivity index (χ2n) is 5.40. The van der Waals surface area contributed by atoms with Crippen LogP contribution in [0.5, 0.6) is 17.2 Å². The van der Waals surface area contributed by atoms with E-state index in [1.165, 1.54) is 7.11 Å². The summed E-state index contributed by atoms with van der Waals surface area (Å²) in [5.41, 5.74) is 1.64. The molecule has 0 spiro atoms. The van der Waals surface area contributed by atoms with Crippen molar-refractivity contribution in [2.75, 3.05) is 27.9 Å². The van der Waals surface area contributed by atoms with Gasteiger partial charge in [-0.05, 0) is 48.7 Å². The van der Waals surface area contributed by atoms with Crippen molar-refractivity contribution >= 4 is 17.5 Å². The molecule has 0 saturated heterocycles. The molecule has 25 heavy (non-hydrogen) atoms. The lowest BCUT2D eigenvalue weighted by Gasteiger charge is -2.10. The predicted octanol–water partition coefficient (Wildman–Crippen LogP) is 3.73. The summed E-state index contributed by atoms with van der Waals surface area (Å²) in [5.74, 6) is 1.80. The normalized spacial score (nSPS) is 10.2. The smallest absolute Gasteiger partial charge is 0.251 e. The van der Waals surface area contributed by atoms with Crippen molar-refractivity contribution in [2.24, 2.45) is 0 Å². The number of hydrogen-bond acceptors (Lipinski definition) is 4. The first-order valence-corrected chi connectivity index (χ1v) is 8.29. The first-order chi connectivity index (χ1) is 12.1. The molecule has 2 rings (SSSR count). The molecule has 0 unspecified atom stereocenters. The second kappa shape index (κ2) is 9.18. The third kappa shape index (κ3) is 5.03. The number of carbonyl (C=O) groups is 1. The Morgan fingerprint density at radius 3 is 2.28 bits per heavy atom. The number of methoxy groups -OCH3 is 3. The van der Waals surface area contributed by atoms with Crippen LogP contribution in [0.25, 0.3) is 0 Å². The van der Waals surface area contributed by atoms with Gasteiger partial charge in [0.2, 0.25) is 0 Å². The van der Waals surface area contributed by atoms with Crippen LogP contribution in [0.4, 0.5) is 0 Å². The molecule has 1 amide bonds. The minimum absolute atomic E-state index is 0.156. The van der Waals surface area contributed by atoms with Crippen molar-refractivity contribution < 1.29 is 19.0 Å². The molecule has 0 radical (unpaired) electrons. The van der Waals surface area contributed by atoms with Gasteiger partial charge in [0.15, 0.2) is 11.5 Å². The van der Waals surface area contributed by atoms with Crippen molar-refractivity contribution in [1.29, 1.82) is 0 Å². The lowest BCUT2D eigenvalue weighted by atomic mass is 10.1. The van der Waals surface area contributed by atoms with E-state index in [0.717, 1.165) is 18.4 Å². The van der Waals surface area contributed by atoms with E-state index in [9.17, 15) is 4.79 Å². The minimum Gasteiger partial charge on any atom is -0.495 e. The molecule has 0 heterocycles. The molecule has 6 heteroatoms. The molecule has 1 N–H and O–H groups in total. The molecule has 0 fully saturated rings. The molecular weight excluding hydrogens is 342 g/mol. The fraction of sp³-hybridized carbons (Fsp3) is 0.316. The number of rotatable bonds is 8. The molecule has 0 aliphatic heterocycles. The lowest BCUT2D eigenvalue weighted by molar-refractivity contribution is 0.0953. The molecule has 0 aromatic heterocycles. The molecular formula is C19H22ClNO4. The maximum Gasteiger partial charge on any atom is 0.251 e. The Bertz CT molecular complexity index is 733. The second-order valence-corrected chi connectivity index (χ2v) is 5.81. The number of ether oxygens (including phenoxy) is 3. The third-order valence-electron chi connectivity index (χ3n) is 3.79. The maximum atomic E-state index is 12.1. The highest BCUT2D eigenvalue weighted by Gasteiger charge is 2.09. The van der Waals surface area contributed by atoms with Gasteiger partial charge in [0.25, 0.3) is 5.91 Å². The molecule has 0 aliphatic rings. The molecule has 5 nitrogen and oxygen atoms in total. The fourth-order valence-electron chi connectivity index (χ4n) is 2.44. The summed E-state index contributed by atoms with van der Waals surface area (Å²) in [4.78, 5) is 12.1. The van der Waals surface area contributed by atoms with E-state index in [1.54, 1.807) is 32.4 Å². The molecule has 0 bridgehead atoms. The molecule has 134 valence electrons. The summed E-state index contributed by atoms with van der Waals surface area (Å²) in [7, 11) is 4.76. The van der Waals surface area contributed by atoms with Gasteiger partial charge in [0.05, 0.1) is 26.4 Å². The lowest BCUT2D eigenvalue weighted by Crippen LogP contribution is -2.24. The van der Waals surface area contributed by atoms with E-state index >= 15 is 0 Å². The Kier molecular flexibility index (Phi) is 6.95. The van der Waals surface area contributed by atoms with Crippen LogP contribution in [0.2, 0.25) is 5.02 Å². The number of nitrogens with one attached hydrogen (secondary N) is 1. The van der Waals surface area contributed by atoms with Gasteiger partial charge in [-0.3, -0.25) is 4.79 Å². The summed E-state index contributed by atoms with van der Waals surface area (Å²) >= 11 is 6.04. The van der Waals surface area contributed by atoms with Crippen LogP contribution in [0, 0.1) is 0 Å². The molecule has 2 aromatic rings. The van der Waals surface area contributed by atoms with Crippen LogP contribution in [0.1, 0.15) is 22.3 Å². The Labute approximate surface area is 152 Å². The SMILES string of the molecule is COc1ccc(C(=O)NCCCc2ccc(OC)c(OC)c2)cc1Cl. The number of carbonyl (C=O) groups excluding carboxylic acids is 1. The highest BCUT2D eigenvalue weighted by Crippen LogP contribution is 2.28. The predicted molar refractivity (Wildman–Crippen MR) is 98.2 cm³/mol. The van der Waals surface area contributed by atoms with Gasteiger partial charge >= 0.3 is 0 Å². The number of hydrogen-bond donors (Lipinski definition) is 1. The van der Waals surface area contributed by atoms with Crippen LogP contribution in [-0.4, -0.2) is 33.8 Å². The highest BCUT2D eigenvalue weighted by molar-refractivity contribution is 6.32. The van der Waals surface area contributed by atoms with Crippen LogP contribution in [0.15, 0.2) is 36.4 Å². The maximum absolute atomic E-state index is 12.1. The average Bonchev–Trinajstić information content (AvgIpc) is 2.64. The summed E-state index contributed by atoms with van der Waals surface area (Å²) in [5, 5.41) is 3.31. The molecule has 0 atom stereocenters. The Balaban J connectivity index is 1.84. The Hall–Kier alpha value is -2.40.